The minimum atomic E-state index is -0.0413. The number of aromatic nitrogens is 3. The fourth-order valence-electron chi connectivity index (χ4n) is 4.09. The molecular weight excluding hydrogens is 404 g/mol. The second kappa shape index (κ2) is 9.91. The molecule has 0 atom stereocenters. The average molecular weight is 435 g/mol. The molecule has 0 unspecified atom stereocenters. The van der Waals surface area contributed by atoms with Crippen molar-refractivity contribution in [3.05, 3.63) is 47.9 Å². The maximum atomic E-state index is 13.0. The zero-order valence-electron chi connectivity index (χ0n) is 18.7. The van der Waals surface area contributed by atoms with Gasteiger partial charge in [-0.25, -0.2) is 9.97 Å². The van der Waals surface area contributed by atoms with Crippen molar-refractivity contribution in [2.24, 2.45) is 5.92 Å². The fraction of sp³-hybridized carbons (Fsp3) is 0.417. The summed E-state index contributed by atoms with van der Waals surface area (Å²) in [4.78, 5) is 28.3. The number of carbonyl (C=O) groups excluding carboxylic acids is 1. The Labute approximate surface area is 188 Å². The molecule has 3 aromatic rings. The van der Waals surface area contributed by atoms with Gasteiger partial charge >= 0.3 is 0 Å². The van der Waals surface area contributed by atoms with E-state index in [1.165, 1.54) is 6.20 Å². The van der Waals surface area contributed by atoms with Crippen LogP contribution in [-0.4, -0.2) is 59.4 Å². The summed E-state index contributed by atoms with van der Waals surface area (Å²) in [6.45, 7) is 2.96. The van der Waals surface area contributed by atoms with Crippen LogP contribution in [0.1, 0.15) is 35.3 Å². The van der Waals surface area contributed by atoms with Gasteiger partial charge in [0.25, 0.3) is 0 Å². The van der Waals surface area contributed by atoms with Gasteiger partial charge in [0.2, 0.25) is 5.88 Å². The molecule has 3 heterocycles. The van der Waals surface area contributed by atoms with Gasteiger partial charge in [0.05, 0.1) is 13.3 Å². The number of carbonyl (C=O) groups is 1. The Kier molecular flexibility index (Phi) is 6.80. The van der Waals surface area contributed by atoms with E-state index < -0.39 is 0 Å². The van der Waals surface area contributed by atoms with Gasteiger partial charge in [-0.15, -0.1) is 0 Å². The molecule has 8 heteroatoms. The highest BCUT2D eigenvalue weighted by Gasteiger charge is 2.20. The van der Waals surface area contributed by atoms with Crippen LogP contribution in [0.4, 0.5) is 11.6 Å². The van der Waals surface area contributed by atoms with Crippen molar-refractivity contribution in [3.63, 3.8) is 0 Å². The number of ketones is 1. The van der Waals surface area contributed by atoms with E-state index in [-0.39, 0.29) is 5.78 Å². The number of rotatable bonds is 8. The summed E-state index contributed by atoms with van der Waals surface area (Å²) >= 11 is 0. The monoisotopic (exact) mass is 434 g/mol. The summed E-state index contributed by atoms with van der Waals surface area (Å²) in [5.41, 5.74) is 7.37. The lowest BCUT2D eigenvalue weighted by atomic mass is 9.97. The van der Waals surface area contributed by atoms with Crippen LogP contribution >= 0.6 is 0 Å². The maximum Gasteiger partial charge on any atom is 0.234 e. The smallest absolute Gasteiger partial charge is 0.234 e. The van der Waals surface area contributed by atoms with Crippen molar-refractivity contribution in [1.29, 1.82) is 0 Å². The molecule has 4 rings (SSSR count). The highest BCUT2D eigenvalue weighted by Crippen LogP contribution is 2.23. The van der Waals surface area contributed by atoms with Gasteiger partial charge in [-0.05, 0) is 62.3 Å². The quantitative estimate of drug-likeness (QED) is 0.521. The Bertz CT molecular complexity index is 1100. The van der Waals surface area contributed by atoms with Crippen LogP contribution in [0.2, 0.25) is 0 Å². The van der Waals surface area contributed by atoms with E-state index in [2.05, 4.69) is 38.3 Å². The summed E-state index contributed by atoms with van der Waals surface area (Å²) in [5.74, 6) is 1.93. The largest absolute Gasteiger partial charge is 0.480 e. The normalized spacial score (nSPS) is 15.1. The minimum Gasteiger partial charge on any atom is -0.480 e. The number of methoxy groups -OCH3 is 1. The number of anilines is 2. The molecule has 8 nitrogen and oxygen atoms in total. The van der Waals surface area contributed by atoms with Gasteiger partial charge in [-0.1, -0.05) is 18.2 Å². The third-order valence-electron chi connectivity index (χ3n) is 6.12. The molecule has 3 N–H and O–H groups in total. The van der Waals surface area contributed by atoms with Crippen LogP contribution in [0, 0.1) is 5.92 Å². The van der Waals surface area contributed by atoms with E-state index in [9.17, 15) is 4.79 Å². The molecule has 0 radical (unpaired) electrons. The van der Waals surface area contributed by atoms with Crippen molar-refractivity contribution < 1.29 is 9.53 Å². The third kappa shape index (κ3) is 5.13. The minimum absolute atomic E-state index is 0.0413. The van der Waals surface area contributed by atoms with Crippen LogP contribution < -0.4 is 15.8 Å². The zero-order valence-corrected chi connectivity index (χ0v) is 18.7. The number of pyridine rings is 1. The number of benzene rings is 1. The number of nitrogens with one attached hydrogen (secondary N) is 1. The number of ether oxygens (including phenoxy) is 1. The van der Waals surface area contributed by atoms with Crippen LogP contribution in [0.25, 0.3) is 10.8 Å². The van der Waals surface area contributed by atoms with Crippen molar-refractivity contribution in [2.45, 2.75) is 25.7 Å². The molecule has 0 spiro atoms. The van der Waals surface area contributed by atoms with Crippen LogP contribution in [0.5, 0.6) is 5.88 Å². The molecule has 1 aromatic carbocycles. The highest BCUT2D eigenvalue weighted by atomic mass is 16.5. The SMILES string of the molecule is COc1cnc(C(=O)CCc2ccc3c(N)nccc3c2)c(NCC2CCN(C)CC2)n1. The molecule has 2 aromatic heterocycles. The average Bonchev–Trinajstić information content (AvgIpc) is 2.82. The Morgan fingerprint density at radius 2 is 2.06 bits per heavy atom. The third-order valence-corrected chi connectivity index (χ3v) is 6.12. The number of fused-ring (bicyclic) bond motifs is 1. The molecule has 0 aliphatic carbocycles. The predicted octanol–water partition coefficient (Wildman–Crippen LogP) is 3.18. The second-order valence-corrected chi connectivity index (χ2v) is 8.41. The summed E-state index contributed by atoms with van der Waals surface area (Å²) in [7, 11) is 3.70. The number of hydrogen-bond donors (Lipinski definition) is 2. The van der Waals surface area contributed by atoms with Crippen molar-refractivity contribution in [3.8, 4) is 5.88 Å². The predicted molar refractivity (Wildman–Crippen MR) is 126 cm³/mol. The molecule has 32 heavy (non-hydrogen) atoms. The Morgan fingerprint density at radius 3 is 2.84 bits per heavy atom. The van der Waals surface area contributed by atoms with Gasteiger partial charge in [0, 0.05) is 24.5 Å². The number of likely N-dealkylation sites (tertiary alicyclic amines) is 1. The van der Waals surface area contributed by atoms with Crippen molar-refractivity contribution >= 4 is 28.2 Å². The van der Waals surface area contributed by atoms with Gasteiger partial charge in [0.1, 0.15) is 11.5 Å². The zero-order chi connectivity index (χ0) is 22.5. The van der Waals surface area contributed by atoms with Gasteiger partial charge in [0.15, 0.2) is 11.6 Å². The number of nitrogen functional groups attached to an aromatic ring is 1. The molecule has 1 saturated heterocycles. The molecule has 0 saturated carbocycles. The standard InChI is InChI=1S/C24H30N6O2/c1-30-11-8-17(9-12-30)14-28-24-22(27-15-21(29-24)32-2)20(31)6-4-16-3-5-19-18(13-16)7-10-26-23(19)25/h3,5,7,10,13,15,17H,4,6,8-9,11-12,14H2,1-2H3,(H2,25,26)(H,28,29). The summed E-state index contributed by atoms with van der Waals surface area (Å²) in [6.07, 6.45) is 6.41. The van der Waals surface area contributed by atoms with E-state index in [0.29, 0.717) is 42.0 Å². The van der Waals surface area contributed by atoms with Crippen molar-refractivity contribution in [2.75, 3.05) is 44.8 Å². The molecular formula is C24H30N6O2. The lowest BCUT2D eigenvalue weighted by molar-refractivity contribution is 0.0978. The van der Waals surface area contributed by atoms with Crippen LogP contribution in [0.15, 0.2) is 36.7 Å². The van der Waals surface area contributed by atoms with E-state index in [1.807, 2.05) is 18.2 Å². The first-order chi connectivity index (χ1) is 15.5. The number of nitrogens with zero attached hydrogens (tertiary/aromatic N) is 4. The van der Waals surface area contributed by atoms with Crippen LogP contribution in [-0.2, 0) is 6.42 Å². The van der Waals surface area contributed by atoms with Gasteiger partial charge in [-0.3, -0.25) is 4.79 Å². The topological polar surface area (TPSA) is 106 Å². The second-order valence-electron chi connectivity index (χ2n) is 8.41. The van der Waals surface area contributed by atoms with E-state index in [0.717, 1.165) is 48.8 Å². The lowest BCUT2D eigenvalue weighted by Gasteiger charge is -2.29. The summed E-state index contributed by atoms with van der Waals surface area (Å²) in [5, 5.41) is 5.31. The van der Waals surface area contributed by atoms with Gasteiger partial charge < -0.3 is 20.7 Å². The summed E-state index contributed by atoms with van der Waals surface area (Å²) < 4.78 is 5.23. The Morgan fingerprint density at radius 1 is 1.25 bits per heavy atom. The van der Waals surface area contributed by atoms with E-state index in [1.54, 1.807) is 13.3 Å². The molecule has 0 amide bonds. The summed E-state index contributed by atoms with van der Waals surface area (Å²) in [6, 6.07) is 7.93. The first-order valence-electron chi connectivity index (χ1n) is 11.0. The number of hydrogen-bond acceptors (Lipinski definition) is 8. The van der Waals surface area contributed by atoms with Crippen molar-refractivity contribution in [1.82, 2.24) is 19.9 Å². The van der Waals surface area contributed by atoms with Gasteiger partial charge in [-0.2, -0.15) is 4.98 Å². The molecule has 0 bridgehead atoms. The first-order valence-corrected chi connectivity index (χ1v) is 11.0. The number of piperidine rings is 1. The molecule has 1 aliphatic heterocycles. The van der Waals surface area contributed by atoms with Crippen LogP contribution in [0.3, 0.4) is 0 Å². The lowest BCUT2D eigenvalue weighted by Crippen LogP contribution is -2.33. The van der Waals surface area contributed by atoms with E-state index in [4.69, 9.17) is 10.5 Å². The molecule has 168 valence electrons. The molecule has 1 aliphatic rings. The molecule has 1 fully saturated rings. The first kappa shape index (κ1) is 22.0. The fourth-order valence-corrected chi connectivity index (χ4v) is 4.09. The number of Topliss-reactive ketones (excluding diaryl/α,β-unsaturated/α-hetero) is 1. The van der Waals surface area contributed by atoms with E-state index >= 15 is 0 Å². The number of aryl methyl sites for hydroxylation is 1. The number of nitrogens with two attached hydrogens (primary N) is 1. The Hall–Kier alpha value is -3.26. The highest BCUT2D eigenvalue weighted by molar-refractivity contribution is 5.98. The Balaban J connectivity index is 1.44. The maximum absolute atomic E-state index is 13.0.